The van der Waals surface area contributed by atoms with E-state index < -0.39 is 0 Å². The molecule has 144 valence electrons. The molecule has 1 unspecified atom stereocenters. The number of carbonyl (C=O) groups excluding carboxylic acids is 1. The van der Waals surface area contributed by atoms with E-state index in [-0.39, 0.29) is 12.1 Å². The summed E-state index contributed by atoms with van der Waals surface area (Å²) in [5.41, 5.74) is 3.03. The van der Waals surface area contributed by atoms with Crippen LogP contribution in [0.2, 0.25) is 0 Å². The highest BCUT2D eigenvalue weighted by atomic mass is 32.1. The van der Waals surface area contributed by atoms with Crippen molar-refractivity contribution in [2.24, 2.45) is 0 Å². The minimum absolute atomic E-state index is 0.0139. The van der Waals surface area contributed by atoms with E-state index >= 15 is 0 Å². The van der Waals surface area contributed by atoms with Crippen molar-refractivity contribution in [3.8, 4) is 11.5 Å². The molecule has 7 heteroatoms. The van der Waals surface area contributed by atoms with Gasteiger partial charge in [-0.15, -0.1) is 11.3 Å². The Labute approximate surface area is 163 Å². The van der Waals surface area contributed by atoms with E-state index in [1.807, 2.05) is 25.1 Å². The summed E-state index contributed by atoms with van der Waals surface area (Å²) in [7, 11) is 1.63. The summed E-state index contributed by atoms with van der Waals surface area (Å²) in [6.07, 6.45) is 0.700. The number of fused-ring (bicyclic) bond motifs is 3. The van der Waals surface area contributed by atoms with Crippen LogP contribution in [0, 0.1) is 0 Å². The van der Waals surface area contributed by atoms with E-state index in [0.29, 0.717) is 18.1 Å². The van der Waals surface area contributed by atoms with E-state index in [9.17, 15) is 4.79 Å². The van der Waals surface area contributed by atoms with Crippen LogP contribution in [0.25, 0.3) is 0 Å². The molecule has 2 aliphatic heterocycles. The van der Waals surface area contributed by atoms with Gasteiger partial charge >= 0.3 is 0 Å². The Kier molecular flexibility index (Phi) is 4.97. The average Bonchev–Trinajstić information content (AvgIpc) is 3.06. The third-order valence-electron chi connectivity index (χ3n) is 5.33. The normalized spacial score (nSPS) is 20.9. The molecule has 3 N–H and O–H groups in total. The number of ether oxygens (including phenoxy) is 2. The molecule has 0 bridgehead atoms. The van der Waals surface area contributed by atoms with Gasteiger partial charge in [-0.05, 0) is 37.1 Å². The van der Waals surface area contributed by atoms with E-state index in [1.165, 1.54) is 10.4 Å². The third kappa shape index (κ3) is 3.26. The van der Waals surface area contributed by atoms with Gasteiger partial charge in [-0.2, -0.15) is 0 Å². The summed E-state index contributed by atoms with van der Waals surface area (Å²) in [5.74, 6) is 1.39. The number of methoxy groups -OCH3 is 1. The van der Waals surface area contributed by atoms with E-state index in [1.54, 1.807) is 23.3 Å². The lowest BCUT2D eigenvalue weighted by atomic mass is 10.0. The van der Waals surface area contributed by atoms with Gasteiger partial charge in [-0.25, -0.2) is 0 Å². The fraction of sp³-hybridized carbons (Fsp3) is 0.450. The van der Waals surface area contributed by atoms with Gasteiger partial charge in [0.2, 0.25) is 0 Å². The zero-order chi connectivity index (χ0) is 19.0. The molecule has 27 heavy (non-hydrogen) atoms. The van der Waals surface area contributed by atoms with Crippen molar-refractivity contribution in [2.75, 3.05) is 32.1 Å². The number of nitrogens with one attached hydrogen (secondary N) is 3. The first kappa shape index (κ1) is 18.1. The van der Waals surface area contributed by atoms with Gasteiger partial charge in [-0.3, -0.25) is 4.79 Å². The van der Waals surface area contributed by atoms with Crippen LogP contribution in [-0.4, -0.2) is 32.7 Å². The van der Waals surface area contributed by atoms with Crippen LogP contribution < -0.4 is 25.0 Å². The first-order chi connectivity index (χ1) is 13.1. The van der Waals surface area contributed by atoms with Gasteiger partial charge in [-0.1, -0.05) is 6.07 Å². The Bertz CT molecular complexity index is 864. The quantitative estimate of drug-likeness (QED) is 0.733. The number of quaternary nitrogens is 1. The van der Waals surface area contributed by atoms with Gasteiger partial charge in [0.1, 0.15) is 17.7 Å². The predicted molar refractivity (Wildman–Crippen MR) is 106 cm³/mol. The molecule has 2 aliphatic rings. The maximum atomic E-state index is 12.9. The molecule has 0 aliphatic carbocycles. The van der Waals surface area contributed by atoms with Crippen molar-refractivity contribution in [2.45, 2.75) is 33.0 Å². The highest BCUT2D eigenvalue weighted by Crippen LogP contribution is 2.40. The number of hydrogen-bond acceptors (Lipinski definition) is 5. The number of thiophene rings is 1. The second kappa shape index (κ2) is 7.40. The molecule has 0 saturated carbocycles. The van der Waals surface area contributed by atoms with Gasteiger partial charge in [0.15, 0.2) is 11.5 Å². The highest BCUT2D eigenvalue weighted by Gasteiger charge is 2.34. The third-order valence-corrected chi connectivity index (χ3v) is 6.49. The number of carbonyl (C=O) groups is 1. The summed E-state index contributed by atoms with van der Waals surface area (Å²) < 4.78 is 11.0. The van der Waals surface area contributed by atoms with E-state index in [4.69, 9.17) is 9.47 Å². The van der Waals surface area contributed by atoms with E-state index in [2.05, 4.69) is 17.6 Å². The SMILES string of the molecule is CCOc1cc([C@H]2NC(=O)c3c(sc4c3CC[NH+](CC)C4)N2)ccc1OC. The number of hydrogen-bond donors (Lipinski definition) is 3. The first-order valence-corrected chi connectivity index (χ1v) is 10.3. The molecule has 3 heterocycles. The molecule has 0 fully saturated rings. The summed E-state index contributed by atoms with van der Waals surface area (Å²) >= 11 is 1.73. The summed E-state index contributed by atoms with van der Waals surface area (Å²) in [6, 6.07) is 5.77. The van der Waals surface area contributed by atoms with Crippen LogP contribution in [0.15, 0.2) is 18.2 Å². The minimum Gasteiger partial charge on any atom is -0.493 e. The van der Waals surface area contributed by atoms with Gasteiger partial charge in [0, 0.05) is 6.42 Å². The van der Waals surface area contributed by atoms with Gasteiger partial charge in [0.05, 0.1) is 37.2 Å². The largest absolute Gasteiger partial charge is 0.493 e. The molecule has 1 aromatic heterocycles. The second-order valence-electron chi connectivity index (χ2n) is 6.88. The zero-order valence-corrected chi connectivity index (χ0v) is 16.8. The molecule has 6 nitrogen and oxygen atoms in total. The second-order valence-corrected chi connectivity index (χ2v) is 7.99. The summed E-state index contributed by atoms with van der Waals surface area (Å²) in [5, 5.41) is 7.62. The number of rotatable bonds is 5. The van der Waals surface area contributed by atoms with Gasteiger partial charge < -0.3 is 25.0 Å². The van der Waals surface area contributed by atoms with Crippen LogP contribution in [0.3, 0.4) is 0 Å². The average molecular weight is 389 g/mol. The number of benzene rings is 1. The number of amides is 1. The van der Waals surface area contributed by atoms with Crippen molar-refractivity contribution in [3.63, 3.8) is 0 Å². The Hall–Kier alpha value is -2.25. The molecular formula is C20H26N3O3S+. The molecular weight excluding hydrogens is 362 g/mol. The molecule has 2 atom stereocenters. The Morgan fingerprint density at radius 2 is 2.11 bits per heavy atom. The lowest BCUT2D eigenvalue weighted by Gasteiger charge is -2.27. The van der Waals surface area contributed by atoms with Crippen molar-refractivity contribution in [1.29, 1.82) is 0 Å². The lowest BCUT2D eigenvalue weighted by molar-refractivity contribution is -0.913. The summed E-state index contributed by atoms with van der Waals surface area (Å²) in [6.45, 7) is 7.95. The molecule has 2 aromatic rings. The minimum atomic E-state index is -0.273. The first-order valence-electron chi connectivity index (χ1n) is 9.50. The van der Waals surface area contributed by atoms with Crippen LogP contribution >= 0.6 is 11.3 Å². The van der Waals surface area contributed by atoms with Crippen molar-refractivity contribution >= 4 is 22.2 Å². The summed E-state index contributed by atoms with van der Waals surface area (Å²) in [4.78, 5) is 15.8. The van der Waals surface area contributed by atoms with Crippen molar-refractivity contribution in [1.82, 2.24) is 5.32 Å². The van der Waals surface area contributed by atoms with Crippen LogP contribution in [0.1, 0.15) is 46.4 Å². The lowest BCUT2D eigenvalue weighted by Crippen LogP contribution is -3.11. The molecule has 1 aromatic carbocycles. The Morgan fingerprint density at radius 3 is 2.85 bits per heavy atom. The fourth-order valence-corrected chi connectivity index (χ4v) is 5.20. The molecule has 0 radical (unpaired) electrons. The number of likely N-dealkylation sites (N-methyl/N-ethyl adjacent to an activating group) is 1. The van der Waals surface area contributed by atoms with Gasteiger partial charge in [0.25, 0.3) is 5.91 Å². The smallest absolute Gasteiger partial charge is 0.256 e. The Morgan fingerprint density at radius 1 is 1.26 bits per heavy atom. The maximum Gasteiger partial charge on any atom is 0.256 e. The standard InChI is InChI=1S/C20H25N3O3S/c1-4-23-9-8-13-16(11-23)27-20-17(13)19(24)21-18(22-20)12-6-7-14(25-3)15(10-12)26-5-2/h6-7,10,18,22H,4-5,8-9,11H2,1-3H3,(H,21,24)/p+1/t18-/m0/s1. The van der Waals surface area contributed by atoms with Crippen LogP contribution in [0.4, 0.5) is 5.00 Å². The fourth-order valence-electron chi connectivity index (χ4n) is 3.86. The zero-order valence-electron chi connectivity index (χ0n) is 16.0. The topological polar surface area (TPSA) is 64.0 Å². The molecule has 0 spiro atoms. The van der Waals surface area contributed by atoms with E-state index in [0.717, 1.165) is 42.2 Å². The highest BCUT2D eigenvalue weighted by molar-refractivity contribution is 7.16. The van der Waals surface area contributed by atoms with Crippen molar-refractivity contribution < 1.29 is 19.2 Å². The monoisotopic (exact) mass is 388 g/mol. The predicted octanol–water partition coefficient (Wildman–Crippen LogP) is 1.97. The molecule has 1 amide bonds. The van der Waals surface area contributed by atoms with Crippen molar-refractivity contribution in [3.05, 3.63) is 39.8 Å². The Balaban J connectivity index is 1.63. The molecule has 4 rings (SSSR count). The number of anilines is 1. The van der Waals surface area contributed by atoms with Crippen LogP contribution in [-0.2, 0) is 13.0 Å². The maximum absolute atomic E-state index is 12.9. The van der Waals surface area contributed by atoms with Crippen LogP contribution in [0.5, 0.6) is 11.5 Å². The molecule has 0 saturated heterocycles.